The Labute approximate surface area is 109 Å². The van der Waals surface area contributed by atoms with E-state index in [0.29, 0.717) is 22.5 Å². The summed E-state index contributed by atoms with van der Waals surface area (Å²) in [4.78, 5) is 26.0. The standard InChI is InChI=1S/C13H12ClNO3/c1-2-5-18-13(17)10-7-12(16)15-11-4-3-8(14)6-9(10)11/h3-4,6-7H,2,5H2,1H3,(H,15,16). The van der Waals surface area contributed by atoms with Crippen LogP contribution in [0.4, 0.5) is 0 Å². The van der Waals surface area contributed by atoms with Gasteiger partial charge in [0.2, 0.25) is 5.56 Å². The van der Waals surface area contributed by atoms with Crippen LogP contribution < -0.4 is 5.56 Å². The van der Waals surface area contributed by atoms with Crippen LogP contribution in [0.25, 0.3) is 10.9 Å². The van der Waals surface area contributed by atoms with Crippen LogP contribution in [-0.2, 0) is 4.74 Å². The second-order valence-corrected chi connectivity index (χ2v) is 4.31. The smallest absolute Gasteiger partial charge is 0.339 e. The van der Waals surface area contributed by atoms with Crippen molar-refractivity contribution in [3.05, 3.63) is 45.2 Å². The summed E-state index contributed by atoms with van der Waals surface area (Å²) >= 11 is 5.90. The number of nitrogens with one attached hydrogen (secondary N) is 1. The number of hydrogen-bond donors (Lipinski definition) is 1. The second kappa shape index (κ2) is 5.23. The third-order valence-electron chi connectivity index (χ3n) is 2.46. The van der Waals surface area contributed by atoms with Crippen molar-refractivity contribution < 1.29 is 9.53 Å². The topological polar surface area (TPSA) is 59.2 Å². The van der Waals surface area contributed by atoms with E-state index in [1.165, 1.54) is 6.07 Å². The number of H-pyrrole nitrogens is 1. The van der Waals surface area contributed by atoms with E-state index in [9.17, 15) is 9.59 Å². The van der Waals surface area contributed by atoms with E-state index in [1.54, 1.807) is 18.2 Å². The predicted octanol–water partition coefficient (Wildman–Crippen LogP) is 2.75. The summed E-state index contributed by atoms with van der Waals surface area (Å²) in [5, 5.41) is 1.09. The van der Waals surface area contributed by atoms with Crippen molar-refractivity contribution in [3.8, 4) is 0 Å². The number of hydrogen-bond acceptors (Lipinski definition) is 3. The van der Waals surface area contributed by atoms with Crippen LogP contribution in [0.15, 0.2) is 29.1 Å². The predicted molar refractivity (Wildman–Crippen MR) is 70.2 cm³/mol. The van der Waals surface area contributed by atoms with Crippen LogP contribution in [-0.4, -0.2) is 17.6 Å². The van der Waals surface area contributed by atoms with E-state index in [2.05, 4.69) is 4.98 Å². The Bertz CT molecular complexity index is 648. The van der Waals surface area contributed by atoms with Gasteiger partial charge in [-0.1, -0.05) is 18.5 Å². The number of pyridine rings is 1. The van der Waals surface area contributed by atoms with Crippen LogP contribution >= 0.6 is 11.6 Å². The molecule has 18 heavy (non-hydrogen) atoms. The Morgan fingerprint density at radius 2 is 2.17 bits per heavy atom. The Kier molecular flexibility index (Phi) is 3.67. The van der Waals surface area contributed by atoms with Gasteiger partial charge in [0.15, 0.2) is 0 Å². The molecule has 4 nitrogen and oxygen atoms in total. The fraction of sp³-hybridized carbons (Fsp3) is 0.231. The van der Waals surface area contributed by atoms with Crippen molar-refractivity contribution in [3.63, 3.8) is 0 Å². The maximum Gasteiger partial charge on any atom is 0.339 e. The summed E-state index contributed by atoms with van der Waals surface area (Å²) < 4.78 is 5.05. The van der Waals surface area contributed by atoms with Crippen molar-refractivity contribution in [2.45, 2.75) is 13.3 Å². The monoisotopic (exact) mass is 265 g/mol. The third-order valence-corrected chi connectivity index (χ3v) is 2.70. The van der Waals surface area contributed by atoms with E-state index >= 15 is 0 Å². The van der Waals surface area contributed by atoms with Gasteiger partial charge < -0.3 is 9.72 Å². The van der Waals surface area contributed by atoms with Gasteiger partial charge in [-0.25, -0.2) is 4.79 Å². The lowest BCUT2D eigenvalue weighted by atomic mass is 10.1. The quantitative estimate of drug-likeness (QED) is 0.868. The number of rotatable bonds is 3. The van der Waals surface area contributed by atoms with Crippen LogP contribution in [0, 0.1) is 0 Å². The Hall–Kier alpha value is -1.81. The third kappa shape index (κ3) is 2.54. The molecule has 1 aromatic heterocycles. The van der Waals surface area contributed by atoms with E-state index in [4.69, 9.17) is 16.3 Å². The average molecular weight is 266 g/mol. The maximum atomic E-state index is 11.9. The van der Waals surface area contributed by atoms with Crippen LogP contribution in [0.3, 0.4) is 0 Å². The molecule has 0 spiro atoms. The number of benzene rings is 1. The average Bonchev–Trinajstić information content (AvgIpc) is 2.35. The summed E-state index contributed by atoms with van der Waals surface area (Å²) in [6, 6.07) is 6.18. The number of carbonyl (C=O) groups excluding carboxylic acids is 1. The molecule has 1 heterocycles. The Morgan fingerprint density at radius 1 is 1.39 bits per heavy atom. The molecule has 1 aromatic carbocycles. The van der Waals surface area contributed by atoms with Crippen LogP contribution in [0.5, 0.6) is 0 Å². The van der Waals surface area contributed by atoms with Gasteiger partial charge in [-0.15, -0.1) is 0 Å². The molecule has 0 saturated carbocycles. The Balaban J connectivity index is 2.57. The van der Waals surface area contributed by atoms with Crippen LogP contribution in [0.1, 0.15) is 23.7 Å². The molecule has 0 aliphatic rings. The van der Waals surface area contributed by atoms with Crippen molar-refractivity contribution >= 4 is 28.5 Å². The van der Waals surface area contributed by atoms with Crippen molar-refractivity contribution in [1.29, 1.82) is 0 Å². The highest BCUT2D eigenvalue weighted by Crippen LogP contribution is 2.20. The molecule has 94 valence electrons. The number of fused-ring (bicyclic) bond motifs is 1. The molecule has 0 atom stereocenters. The number of aromatic nitrogens is 1. The summed E-state index contributed by atoms with van der Waals surface area (Å²) in [7, 11) is 0. The summed E-state index contributed by atoms with van der Waals surface area (Å²) in [6.45, 7) is 2.23. The van der Waals surface area contributed by atoms with E-state index < -0.39 is 5.97 Å². The molecule has 0 fully saturated rings. The highest BCUT2D eigenvalue weighted by atomic mass is 35.5. The molecule has 2 rings (SSSR count). The largest absolute Gasteiger partial charge is 0.462 e. The van der Waals surface area contributed by atoms with Gasteiger partial charge in [0.05, 0.1) is 12.2 Å². The Morgan fingerprint density at radius 3 is 2.89 bits per heavy atom. The molecule has 0 bridgehead atoms. The summed E-state index contributed by atoms with van der Waals surface area (Å²) in [5.74, 6) is -0.504. The molecule has 0 saturated heterocycles. The minimum absolute atomic E-state index is 0.240. The van der Waals surface area contributed by atoms with Gasteiger partial charge in [-0.2, -0.15) is 0 Å². The zero-order valence-electron chi connectivity index (χ0n) is 9.83. The maximum absolute atomic E-state index is 11.9. The van der Waals surface area contributed by atoms with Gasteiger partial charge in [0, 0.05) is 22.0 Å². The number of halogens is 1. The first-order valence-electron chi connectivity index (χ1n) is 5.61. The van der Waals surface area contributed by atoms with Crippen molar-refractivity contribution in [2.75, 3.05) is 6.61 Å². The zero-order valence-corrected chi connectivity index (χ0v) is 10.6. The van der Waals surface area contributed by atoms with Crippen molar-refractivity contribution in [1.82, 2.24) is 4.98 Å². The molecule has 2 aromatic rings. The van der Waals surface area contributed by atoms with Gasteiger partial charge >= 0.3 is 5.97 Å². The highest BCUT2D eigenvalue weighted by molar-refractivity contribution is 6.31. The summed E-state index contributed by atoms with van der Waals surface area (Å²) in [6.07, 6.45) is 0.730. The van der Waals surface area contributed by atoms with Gasteiger partial charge in [-0.05, 0) is 24.6 Å². The van der Waals surface area contributed by atoms with Crippen molar-refractivity contribution in [2.24, 2.45) is 0 Å². The zero-order chi connectivity index (χ0) is 13.1. The number of esters is 1. The summed E-state index contributed by atoms with van der Waals surface area (Å²) in [5.41, 5.74) is 0.466. The molecule has 0 radical (unpaired) electrons. The normalized spacial score (nSPS) is 10.6. The number of ether oxygens (including phenoxy) is 1. The minimum atomic E-state index is -0.504. The SMILES string of the molecule is CCCOC(=O)c1cc(=O)[nH]c2ccc(Cl)cc12. The lowest BCUT2D eigenvalue weighted by Crippen LogP contribution is -2.13. The fourth-order valence-corrected chi connectivity index (χ4v) is 1.84. The van der Waals surface area contributed by atoms with E-state index in [-0.39, 0.29) is 11.1 Å². The highest BCUT2D eigenvalue weighted by Gasteiger charge is 2.13. The van der Waals surface area contributed by atoms with Gasteiger partial charge in [0.1, 0.15) is 0 Å². The van der Waals surface area contributed by atoms with Crippen LogP contribution in [0.2, 0.25) is 5.02 Å². The molecule has 0 amide bonds. The molecular formula is C13H12ClNO3. The number of aromatic amines is 1. The molecule has 0 unspecified atom stereocenters. The molecule has 0 aliphatic heterocycles. The number of carbonyl (C=O) groups is 1. The lowest BCUT2D eigenvalue weighted by molar-refractivity contribution is 0.0507. The first-order valence-corrected chi connectivity index (χ1v) is 5.99. The fourth-order valence-electron chi connectivity index (χ4n) is 1.67. The van der Waals surface area contributed by atoms with Gasteiger partial charge in [0.25, 0.3) is 0 Å². The van der Waals surface area contributed by atoms with Gasteiger partial charge in [-0.3, -0.25) is 4.79 Å². The lowest BCUT2D eigenvalue weighted by Gasteiger charge is -2.06. The van der Waals surface area contributed by atoms with E-state index in [1.807, 2.05) is 6.92 Å². The molecule has 0 aliphatic carbocycles. The molecular weight excluding hydrogens is 254 g/mol. The first kappa shape index (κ1) is 12.6. The molecule has 5 heteroatoms. The first-order chi connectivity index (χ1) is 8.61. The minimum Gasteiger partial charge on any atom is -0.462 e. The second-order valence-electron chi connectivity index (χ2n) is 3.87. The van der Waals surface area contributed by atoms with E-state index in [0.717, 1.165) is 6.42 Å². The molecule has 1 N–H and O–H groups in total.